The van der Waals surface area contributed by atoms with Crippen molar-refractivity contribution in [3.63, 3.8) is 0 Å². The first-order chi connectivity index (χ1) is 7.31. The van der Waals surface area contributed by atoms with Crippen molar-refractivity contribution in [2.24, 2.45) is 0 Å². The number of carbonyl (C=O) groups excluding carboxylic acids is 1. The molecule has 1 rings (SSSR count). The summed E-state index contributed by atoms with van der Waals surface area (Å²) in [5, 5.41) is 9.45. The number of amides is 1. The molecule has 1 aliphatic heterocycles. The third-order valence-corrected chi connectivity index (χ3v) is 2.52. The standard InChI is InChI=1S/C12H21NO3/c1-9(14)10-7-5-6-8-13(10)11(15)16-12(2,3)4/h10,14H,1,5-8H2,2-4H3/t10-/m0/s1. The van der Waals surface area contributed by atoms with Crippen molar-refractivity contribution in [2.75, 3.05) is 6.54 Å². The number of likely N-dealkylation sites (tertiary alicyclic amines) is 1. The van der Waals surface area contributed by atoms with Gasteiger partial charge in [0.2, 0.25) is 0 Å². The number of nitrogens with zero attached hydrogens (tertiary/aromatic N) is 1. The van der Waals surface area contributed by atoms with Crippen LogP contribution in [0.15, 0.2) is 12.3 Å². The number of carbonyl (C=O) groups is 1. The third-order valence-electron chi connectivity index (χ3n) is 2.52. The Kier molecular flexibility index (Phi) is 3.83. The Balaban J connectivity index is 2.68. The topological polar surface area (TPSA) is 49.8 Å². The van der Waals surface area contributed by atoms with Gasteiger partial charge in [-0.2, -0.15) is 0 Å². The Morgan fingerprint density at radius 1 is 1.44 bits per heavy atom. The number of hydrogen-bond acceptors (Lipinski definition) is 3. The van der Waals surface area contributed by atoms with Crippen LogP contribution in [-0.2, 0) is 4.74 Å². The van der Waals surface area contributed by atoms with Crippen molar-refractivity contribution in [1.29, 1.82) is 0 Å². The molecule has 1 fully saturated rings. The van der Waals surface area contributed by atoms with Crippen LogP contribution in [0.2, 0.25) is 0 Å². The van der Waals surface area contributed by atoms with E-state index >= 15 is 0 Å². The summed E-state index contributed by atoms with van der Waals surface area (Å²) in [6.07, 6.45) is 2.34. The molecule has 92 valence electrons. The van der Waals surface area contributed by atoms with E-state index < -0.39 is 5.60 Å². The molecule has 0 aromatic rings. The van der Waals surface area contributed by atoms with E-state index in [0.717, 1.165) is 19.3 Å². The molecule has 0 saturated carbocycles. The molecular weight excluding hydrogens is 206 g/mol. The van der Waals surface area contributed by atoms with Crippen LogP contribution in [0.3, 0.4) is 0 Å². The fraction of sp³-hybridized carbons (Fsp3) is 0.750. The van der Waals surface area contributed by atoms with Crippen LogP contribution in [-0.4, -0.2) is 34.3 Å². The molecule has 0 unspecified atom stereocenters. The molecule has 0 aliphatic carbocycles. The normalized spacial score (nSPS) is 21.7. The summed E-state index contributed by atoms with van der Waals surface area (Å²) in [4.78, 5) is 13.4. The van der Waals surface area contributed by atoms with Gasteiger partial charge in [0.25, 0.3) is 0 Å². The maximum Gasteiger partial charge on any atom is 0.410 e. The average Bonchev–Trinajstić information content (AvgIpc) is 2.15. The molecule has 0 aromatic heterocycles. The summed E-state index contributed by atoms with van der Waals surface area (Å²) in [6.45, 7) is 9.63. The predicted molar refractivity (Wildman–Crippen MR) is 62.3 cm³/mol. The van der Waals surface area contributed by atoms with Gasteiger partial charge in [-0.15, -0.1) is 0 Å². The van der Waals surface area contributed by atoms with Crippen molar-refractivity contribution < 1.29 is 14.6 Å². The Hall–Kier alpha value is -1.19. The Morgan fingerprint density at radius 2 is 2.06 bits per heavy atom. The second-order valence-electron chi connectivity index (χ2n) is 5.18. The Bertz CT molecular complexity index is 280. The highest BCUT2D eigenvalue weighted by molar-refractivity contribution is 5.69. The van der Waals surface area contributed by atoms with Crippen LogP contribution >= 0.6 is 0 Å². The fourth-order valence-electron chi connectivity index (χ4n) is 1.82. The van der Waals surface area contributed by atoms with Crippen molar-refractivity contribution in [3.05, 3.63) is 12.3 Å². The van der Waals surface area contributed by atoms with Crippen LogP contribution in [0.1, 0.15) is 40.0 Å². The molecule has 1 amide bonds. The minimum absolute atomic E-state index is 0.0468. The van der Waals surface area contributed by atoms with Crippen molar-refractivity contribution in [3.8, 4) is 0 Å². The number of hydrogen-bond donors (Lipinski definition) is 1. The number of aliphatic hydroxyl groups is 1. The minimum atomic E-state index is -0.504. The number of piperidine rings is 1. The molecule has 1 saturated heterocycles. The zero-order chi connectivity index (χ0) is 12.3. The fourth-order valence-corrected chi connectivity index (χ4v) is 1.82. The van der Waals surface area contributed by atoms with E-state index in [1.54, 1.807) is 4.90 Å². The summed E-state index contributed by atoms with van der Waals surface area (Å²) >= 11 is 0. The zero-order valence-corrected chi connectivity index (χ0v) is 10.3. The van der Waals surface area contributed by atoms with E-state index in [9.17, 15) is 9.90 Å². The van der Waals surface area contributed by atoms with E-state index in [-0.39, 0.29) is 17.9 Å². The molecule has 1 atom stereocenters. The van der Waals surface area contributed by atoms with Gasteiger partial charge in [-0.05, 0) is 40.0 Å². The molecule has 1 heterocycles. The first-order valence-electron chi connectivity index (χ1n) is 5.68. The summed E-state index contributed by atoms with van der Waals surface area (Å²) in [7, 11) is 0. The lowest BCUT2D eigenvalue weighted by Crippen LogP contribution is -2.46. The van der Waals surface area contributed by atoms with Gasteiger partial charge in [-0.25, -0.2) is 4.79 Å². The van der Waals surface area contributed by atoms with E-state index in [1.807, 2.05) is 20.8 Å². The van der Waals surface area contributed by atoms with E-state index in [2.05, 4.69) is 6.58 Å². The van der Waals surface area contributed by atoms with Gasteiger partial charge in [-0.3, -0.25) is 4.90 Å². The van der Waals surface area contributed by atoms with Crippen LogP contribution in [0.4, 0.5) is 4.79 Å². The van der Waals surface area contributed by atoms with Gasteiger partial charge in [0.05, 0.1) is 6.04 Å². The van der Waals surface area contributed by atoms with Gasteiger partial charge < -0.3 is 9.84 Å². The highest BCUT2D eigenvalue weighted by atomic mass is 16.6. The van der Waals surface area contributed by atoms with E-state index in [1.165, 1.54) is 0 Å². The second-order valence-corrected chi connectivity index (χ2v) is 5.18. The van der Waals surface area contributed by atoms with E-state index in [4.69, 9.17) is 4.74 Å². The van der Waals surface area contributed by atoms with Crippen LogP contribution in [0, 0.1) is 0 Å². The smallest absolute Gasteiger partial charge is 0.410 e. The summed E-state index contributed by atoms with van der Waals surface area (Å²) < 4.78 is 5.29. The van der Waals surface area contributed by atoms with Gasteiger partial charge in [0.1, 0.15) is 11.4 Å². The number of rotatable bonds is 1. The average molecular weight is 227 g/mol. The second kappa shape index (κ2) is 4.76. The Morgan fingerprint density at radius 3 is 2.56 bits per heavy atom. The van der Waals surface area contributed by atoms with Crippen LogP contribution in [0.5, 0.6) is 0 Å². The lowest BCUT2D eigenvalue weighted by molar-refractivity contribution is 0.00959. The van der Waals surface area contributed by atoms with Crippen LogP contribution in [0.25, 0.3) is 0 Å². The van der Waals surface area contributed by atoms with Gasteiger partial charge in [0, 0.05) is 6.54 Å². The molecule has 0 bridgehead atoms. The van der Waals surface area contributed by atoms with Crippen molar-refractivity contribution in [1.82, 2.24) is 4.90 Å². The molecule has 1 aliphatic rings. The number of aliphatic hydroxyl groups excluding tert-OH is 1. The summed E-state index contributed by atoms with van der Waals surface area (Å²) in [5.41, 5.74) is -0.504. The SMILES string of the molecule is C=C(O)[C@@H]1CCCCN1C(=O)OC(C)(C)C. The van der Waals surface area contributed by atoms with Crippen molar-refractivity contribution >= 4 is 6.09 Å². The molecule has 1 N–H and O–H groups in total. The quantitative estimate of drug-likeness (QED) is 0.701. The van der Waals surface area contributed by atoms with E-state index in [0.29, 0.717) is 6.54 Å². The predicted octanol–water partition coefficient (Wildman–Crippen LogP) is 2.85. The first-order valence-corrected chi connectivity index (χ1v) is 5.68. The Labute approximate surface area is 96.9 Å². The summed E-state index contributed by atoms with van der Waals surface area (Å²) in [6, 6.07) is -0.288. The highest BCUT2D eigenvalue weighted by Crippen LogP contribution is 2.23. The largest absolute Gasteiger partial charge is 0.511 e. The lowest BCUT2D eigenvalue weighted by Gasteiger charge is -2.36. The van der Waals surface area contributed by atoms with Gasteiger partial charge in [0.15, 0.2) is 0 Å². The third kappa shape index (κ3) is 3.43. The minimum Gasteiger partial charge on any atom is -0.511 e. The monoisotopic (exact) mass is 227 g/mol. The van der Waals surface area contributed by atoms with Gasteiger partial charge in [-0.1, -0.05) is 6.58 Å². The highest BCUT2D eigenvalue weighted by Gasteiger charge is 2.31. The molecule has 0 aromatic carbocycles. The first kappa shape index (κ1) is 12.9. The lowest BCUT2D eigenvalue weighted by atomic mass is 10.0. The zero-order valence-electron chi connectivity index (χ0n) is 10.3. The molecule has 0 radical (unpaired) electrons. The maximum absolute atomic E-state index is 11.9. The summed E-state index contributed by atoms with van der Waals surface area (Å²) in [5.74, 6) is 0.0468. The number of ether oxygens (including phenoxy) is 1. The molecule has 16 heavy (non-hydrogen) atoms. The molecule has 4 heteroatoms. The molecular formula is C12H21NO3. The van der Waals surface area contributed by atoms with Crippen molar-refractivity contribution in [2.45, 2.75) is 51.7 Å². The molecule has 4 nitrogen and oxygen atoms in total. The maximum atomic E-state index is 11.9. The van der Waals surface area contributed by atoms with Gasteiger partial charge >= 0.3 is 6.09 Å². The molecule has 0 spiro atoms. The van der Waals surface area contributed by atoms with Crippen LogP contribution < -0.4 is 0 Å².